The van der Waals surface area contributed by atoms with Gasteiger partial charge in [-0.05, 0) is 37.1 Å². The Balaban J connectivity index is 1.40. The highest BCUT2D eigenvalue weighted by atomic mass is 35.5. The normalized spacial score (nSPS) is 16.6. The first-order valence-corrected chi connectivity index (χ1v) is 11.1. The van der Waals surface area contributed by atoms with Crippen molar-refractivity contribution >= 4 is 45.3 Å². The van der Waals surface area contributed by atoms with Crippen molar-refractivity contribution in [3.8, 4) is 11.3 Å². The second kappa shape index (κ2) is 7.72. The number of carbonyl (C=O) groups excluding carboxylic acids is 1. The summed E-state index contributed by atoms with van der Waals surface area (Å²) in [6, 6.07) is 8.05. The summed E-state index contributed by atoms with van der Waals surface area (Å²) in [5.41, 5.74) is 3.72. The largest absolute Gasteiger partial charge is 0.378 e. The molecule has 5 heterocycles. The minimum Gasteiger partial charge on any atom is -0.378 e. The van der Waals surface area contributed by atoms with E-state index in [9.17, 15) is 4.79 Å². The highest BCUT2D eigenvalue weighted by Crippen LogP contribution is 2.34. The van der Waals surface area contributed by atoms with Gasteiger partial charge in [-0.15, -0.1) is 0 Å². The Labute approximate surface area is 189 Å². The van der Waals surface area contributed by atoms with Crippen LogP contribution in [0.25, 0.3) is 27.5 Å². The summed E-state index contributed by atoms with van der Waals surface area (Å²) in [7, 11) is 0. The van der Waals surface area contributed by atoms with E-state index in [2.05, 4.69) is 32.3 Å². The molecule has 0 aromatic carbocycles. The SMILES string of the molecule is O=C(Nc1cc2c(-c3cc4ccc(N5CCOCC5)cn4n3)cnc(Cl)c2cn1)C1CC1. The van der Waals surface area contributed by atoms with Crippen LogP contribution in [0.2, 0.25) is 5.15 Å². The lowest BCUT2D eigenvalue weighted by Crippen LogP contribution is -2.36. The average Bonchev–Trinajstić information content (AvgIpc) is 3.59. The van der Waals surface area contributed by atoms with Crippen LogP contribution in [-0.2, 0) is 9.53 Å². The molecule has 1 saturated heterocycles. The van der Waals surface area contributed by atoms with Crippen LogP contribution in [-0.4, -0.2) is 51.8 Å². The van der Waals surface area contributed by atoms with Crippen LogP contribution in [0.15, 0.2) is 42.9 Å². The number of hydrogen-bond donors (Lipinski definition) is 1. The maximum absolute atomic E-state index is 12.2. The zero-order chi connectivity index (χ0) is 21.7. The number of fused-ring (bicyclic) bond motifs is 2. The summed E-state index contributed by atoms with van der Waals surface area (Å²) in [4.78, 5) is 23.2. The van der Waals surface area contributed by atoms with Crippen LogP contribution >= 0.6 is 11.6 Å². The molecule has 0 bridgehead atoms. The molecule has 0 atom stereocenters. The molecule has 0 spiro atoms. The third-order valence-corrected chi connectivity index (χ3v) is 6.32. The number of hydrogen-bond acceptors (Lipinski definition) is 6. The third-order valence-electron chi connectivity index (χ3n) is 6.02. The van der Waals surface area contributed by atoms with Gasteiger partial charge in [-0.3, -0.25) is 4.79 Å². The number of nitrogens with zero attached hydrogens (tertiary/aromatic N) is 5. The lowest BCUT2D eigenvalue weighted by Gasteiger charge is -2.28. The van der Waals surface area contributed by atoms with Crippen molar-refractivity contribution in [3.63, 3.8) is 0 Å². The molecule has 1 aliphatic carbocycles. The van der Waals surface area contributed by atoms with E-state index in [4.69, 9.17) is 21.4 Å². The highest BCUT2D eigenvalue weighted by Gasteiger charge is 2.30. The standard InChI is InChI=1S/C23H21ClN6O2/c24-22-19-12-25-21(27-23(31)14-1-2-14)10-17(19)18(11-26-22)20-9-15-3-4-16(13-30(15)28-20)29-5-7-32-8-6-29/h3-4,9-14H,1-2,5-8H2,(H,25,27,31). The van der Waals surface area contributed by atoms with Gasteiger partial charge < -0.3 is 15.0 Å². The van der Waals surface area contributed by atoms with Crippen molar-refractivity contribution in [1.29, 1.82) is 0 Å². The van der Waals surface area contributed by atoms with Crippen molar-refractivity contribution in [2.45, 2.75) is 12.8 Å². The van der Waals surface area contributed by atoms with Gasteiger partial charge in [0.2, 0.25) is 5.91 Å². The van der Waals surface area contributed by atoms with Crippen LogP contribution in [0.5, 0.6) is 0 Å². The quantitative estimate of drug-likeness (QED) is 0.478. The first kappa shape index (κ1) is 19.5. The molecule has 8 nitrogen and oxygen atoms in total. The van der Waals surface area contributed by atoms with Crippen molar-refractivity contribution in [2.24, 2.45) is 5.92 Å². The lowest BCUT2D eigenvalue weighted by molar-refractivity contribution is -0.117. The molecular formula is C23H21ClN6O2. The predicted molar refractivity (Wildman–Crippen MR) is 123 cm³/mol. The number of halogens is 1. The fourth-order valence-electron chi connectivity index (χ4n) is 4.07. The number of ether oxygens (including phenoxy) is 1. The van der Waals surface area contributed by atoms with E-state index in [1.165, 1.54) is 0 Å². The van der Waals surface area contributed by atoms with Crippen molar-refractivity contribution in [2.75, 3.05) is 36.5 Å². The number of aromatic nitrogens is 4. The van der Waals surface area contributed by atoms with Gasteiger partial charge in [-0.1, -0.05) is 11.6 Å². The van der Waals surface area contributed by atoms with Gasteiger partial charge in [0.1, 0.15) is 11.0 Å². The van der Waals surface area contributed by atoms with Crippen LogP contribution in [0.3, 0.4) is 0 Å². The third kappa shape index (κ3) is 3.55. The Morgan fingerprint density at radius 2 is 1.94 bits per heavy atom. The second-order valence-electron chi connectivity index (χ2n) is 8.23. The van der Waals surface area contributed by atoms with E-state index < -0.39 is 0 Å². The number of amides is 1. The molecule has 6 rings (SSSR count). The molecule has 4 aromatic heterocycles. The molecule has 1 N–H and O–H groups in total. The molecule has 2 fully saturated rings. The summed E-state index contributed by atoms with van der Waals surface area (Å²) >= 11 is 6.34. The van der Waals surface area contributed by atoms with Gasteiger partial charge in [0.15, 0.2) is 0 Å². The van der Waals surface area contributed by atoms with Crippen LogP contribution in [0, 0.1) is 5.92 Å². The van der Waals surface area contributed by atoms with Gasteiger partial charge in [-0.2, -0.15) is 5.10 Å². The second-order valence-corrected chi connectivity index (χ2v) is 8.59. The Bertz CT molecular complexity index is 1340. The van der Waals surface area contributed by atoms with E-state index in [0.717, 1.165) is 72.4 Å². The fraction of sp³-hybridized carbons (Fsp3) is 0.304. The number of rotatable bonds is 4. The number of anilines is 2. The lowest BCUT2D eigenvalue weighted by atomic mass is 10.1. The molecule has 162 valence electrons. The monoisotopic (exact) mass is 448 g/mol. The van der Waals surface area contributed by atoms with Crippen molar-refractivity contribution in [3.05, 3.63) is 48.0 Å². The zero-order valence-electron chi connectivity index (χ0n) is 17.3. The van der Waals surface area contributed by atoms with Gasteiger partial charge in [0, 0.05) is 47.7 Å². The summed E-state index contributed by atoms with van der Waals surface area (Å²) in [5.74, 6) is 0.630. The van der Waals surface area contributed by atoms with E-state index in [0.29, 0.717) is 11.0 Å². The Hall–Kier alpha value is -3.23. The maximum atomic E-state index is 12.2. The van der Waals surface area contributed by atoms with Gasteiger partial charge >= 0.3 is 0 Å². The maximum Gasteiger partial charge on any atom is 0.228 e. The molecule has 0 radical (unpaired) electrons. The Morgan fingerprint density at radius 3 is 2.75 bits per heavy atom. The van der Waals surface area contributed by atoms with E-state index in [1.807, 2.05) is 22.8 Å². The topological polar surface area (TPSA) is 84.7 Å². The van der Waals surface area contributed by atoms with Gasteiger partial charge in [0.25, 0.3) is 0 Å². The summed E-state index contributed by atoms with van der Waals surface area (Å²) in [6.07, 6.45) is 7.30. The molecule has 1 saturated carbocycles. The summed E-state index contributed by atoms with van der Waals surface area (Å²) in [5, 5.41) is 9.67. The molecular weight excluding hydrogens is 428 g/mol. The number of nitrogens with one attached hydrogen (secondary N) is 1. The molecule has 2 aliphatic rings. The van der Waals surface area contributed by atoms with E-state index in [1.54, 1.807) is 12.4 Å². The van der Waals surface area contributed by atoms with Crippen LogP contribution in [0.1, 0.15) is 12.8 Å². The minimum absolute atomic E-state index is 0.0157. The molecule has 1 aliphatic heterocycles. The van der Waals surface area contributed by atoms with Crippen molar-refractivity contribution < 1.29 is 9.53 Å². The average molecular weight is 449 g/mol. The molecule has 32 heavy (non-hydrogen) atoms. The number of carbonyl (C=O) groups is 1. The Kier molecular flexibility index (Phi) is 4.69. The van der Waals surface area contributed by atoms with Crippen molar-refractivity contribution in [1.82, 2.24) is 19.6 Å². The molecule has 0 unspecified atom stereocenters. The summed E-state index contributed by atoms with van der Waals surface area (Å²) in [6.45, 7) is 3.21. The zero-order valence-corrected chi connectivity index (χ0v) is 18.0. The van der Waals surface area contributed by atoms with Gasteiger partial charge in [-0.25, -0.2) is 14.5 Å². The Morgan fingerprint density at radius 1 is 1.09 bits per heavy atom. The first-order valence-electron chi connectivity index (χ1n) is 10.7. The van der Waals surface area contributed by atoms with E-state index in [-0.39, 0.29) is 11.8 Å². The smallest absolute Gasteiger partial charge is 0.228 e. The van der Waals surface area contributed by atoms with E-state index >= 15 is 0 Å². The minimum atomic E-state index is 0.0157. The van der Waals surface area contributed by atoms with Crippen LogP contribution in [0.4, 0.5) is 11.5 Å². The molecule has 9 heteroatoms. The van der Waals surface area contributed by atoms with Gasteiger partial charge in [0.05, 0.1) is 36.3 Å². The first-order chi connectivity index (χ1) is 15.7. The van der Waals surface area contributed by atoms with Crippen LogP contribution < -0.4 is 10.2 Å². The summed E-state index contributed by atoms with van der Waals surface area (Å²) < 4.78 is 7.34. The number of pyridine rings is 3. The molecule has 1 amide bonds. The highest BCUT2D eigenvalue weighted by molar-refractivity contribution is 6.34. The fourth-order valence-corrected chi connectivity index (χ4v) is 4.26. The number of morpholine rings is 1. The predicted octanol–water partition coefficient (Wildman–Crippen LogP) is 3.78. The molecule has 4 aromatic rings.